The average Bonchev–Trinajstić information content (AvgIpc) is 2.73. The van der Waals surface area contributed by atoms with Gasteiger partial charge in [-0.1, -0.05) is 49.6 Å². The molecule has 1 aromatic rings. The van der Waals surface area contributed by atoms with Crippen LogP contribution >= 0.6 is 0 Å². The fraction of sp³-hybridized carbons (Fsp3) is 0.438. The normalized spacial score (nSPS) is 20.7. The van der Waals surface area contributed by atoms with Crippen LogP contribution in [-0.2, 0) is 4.79 Å². The summed E-state index contributed by atoms with van der Waals surface area (Å²) in [6, 6.07) is 8.30. The van der Waals surface area contributed by atoms with Crippen molar-refractivity contribution >= 4 is 17.7 Å². The van der Waals surface area contributed by atoms with Gasteiger partial charge >= 0.3 is 6.03 Å². The molecule has 5 heteroatoms. The summed E-state index contributed by atoms with van der Waals surface area (Å²) in [6.45, 7) is -0.184. The van der Waals surface area contributed by atoms with E-state index in [-0.39, 0.29) is 18.2 Å². The first kappa shape index (κ1) is 13.8. The molecule has 1 heterocycles. The van der Waals surface area contributed by atoms with E-state index in [1.165, 1.54) is 0 Å². The largest absolute Gasteiger partial charge is 0.325 e. The molecule has 0 radical (unpaired) electrons. The standard InChI is InChI=1S/C16H18N2O3/c19-13(12-7-3-1-4-8-12)11-18-14(20)16(17-15(18)21)9-5-2-6-10-16/h1,3-4,7-8H,2,5-6,9-11H2,(H,17,21). The molecule has 2 aliphatic rings. The molecule has 3 rings (SSSR count). The lowest BCUT2D eigenvalue weighted by molar-refractivity contribution is -0.132. The number of hydrogen-bond donors (Lipinski definition) is 1. The summed E-state index contributed by atoms with van der Waals surface area (Å²) in [5.41, 5.74) is -0.241. The first-order valence-electron chi connectivity index (χ1n) is 7.35. The fourth-order valence-electron chi connectivity index (χ4n) is 3.17. The van der Waals surface area contributed by atoms with Crippen LogP contribution in [0.15, 0.2) is 30.3 Å². The van der Waals surface area contributed by atoms with Gasteiger partial charge in [0.15, 0.2) is 5.78 Å². The molecule has 1 aliphatic carbocycles. The minimum Gasteiger partial charge on any atom is -0.323 e. The molecule has 1 aromatic carbocycles. The average molecular weight is 286 g/mol. The van der Waals surface area contributed by atoms with Gasteiger partial charge in [0.2, 0.25) is 0 Å². The Morgan fingerprint density at radius 2 is 1.76 bits per heavy atom. The lowest BCUT2D eigenvalue weighted by Crippen LogP contribution is -2.48. The van der Waals surface area contributed by atoms with Crippen molar-refractivity contribution in [1.29, 1.82) is 0 Å². The van der Waals surface area contributed by atoms with Crippen LogP contribution < -0.4 is 5.32 Å². The Kier molecular flexibility index (Phi) is 3.49. The van der Waals surface area contributed by atoms with E-state index in [4.69, 9.17) is 0 Å². The van der Waals surface area contributed by atoms with E-state index in [2.05, 4.69) is 5.32 Å². The third kappa shape index (κ3) is 2.44. The van der Waals surface area contributed by atoms with Gasteiger partial charge in [0, 0.05) is 5.56 Å². The lowest BCUT2D eigenvalue weighted by Gasteiger charge is -2.30. The van der Waals surface area contributed by atoms with Crippen molar-refractivity contribution in [2.45, 2.75) is 37.6 Å². The van der Waals surface area contributed by atoms with Crippen molar-refractivity contribution in [2.75, 3.05) is 6.54 Å². The van der Waals surface area contributed by atoms with E-state index in [0.29, 0.717) is 18.4 Å². The minimum atomic E-state index is -0.758. The van der Waals surface area contributed by atoms with E-state index < -0.39 is 11.6 Å². The number of benzene rings is 1. The van der Waals surface area contributed by atoms with Crippen molar-refractivity contribution in [3.05, 3.63) is 35.9 Å². The zero-order valence-electron chi connectivity index (χ0n) is 11.8. The third-order valence-corrected chi connectivity index (χ3v) is 4.35. The molecule has 110 valence electrons. The van der Waals surface area contributed by atoms with Crippen LogP contribution in [0.3, 0.4) is 0 Å². The summed E-state index contributed by atoms with van der Waals surface area (Å²) < 4.78 is 0. The summed E-state index contributed by atoms with van der Waals surface area (Å²) >= 11 is 0. The Hall–Kier alpha value is -2.17. The molecule has 1 aliphatic heterocycles. The Morgan fingerprint density at radius 1 is 1.10 bits per heavy atom. The van der Waals surface area contributed by atoms with E-state index in [0.717, 1.165) is 24.2 Å². The number of carbonyl (C=O) groups is 3. The number of ketones is 1. The van der Waals surface area contributed by atoms with Crippen LogP contribution in [0.2, 0.25) is 0 Å². The second-order valence-corrected chi connectivity index (χ2v) is 5.75. The molecule has 5 nitrogen and oxygen atoms in total. The lowest BCUT2D eigenvalue weighted by atomic mass is 9.82. The molecule has 1 saturated carbocycles. The van der Waals surface area contributed by atoms with Gasteiger partial charge in [-0.05, 0) is 12.8 Å². The maximum absolute atomic E-state index is 12.5. The molecule has 2 fully saturated rings. The quantitative estimate of drug-likeness (QED) is 0.683. The summed E-state index contributed by atoms with van der Waals surface area (Å²) in [7, 11) is 0. The maximum Gasteiger partial charge on any atom is 0.325 e. The Labute approximate surface area is 123 Å². The molecule has 0 atom stereocenters. The molecule has 0 aromatic heterocycles. The van der Waals surface area contributed by atoms with Gasteiger partial charge < -0.3 is 5.32 Å². The number of urea groups is 1. The predicted octanol–water partition coefficient (Wildman–Crippen LogP) is 2.12. The Morgan fingerprint density at radius 3 is 2.43 bits per heavy atom. The van der Waals surface area contributed by atoms with E-state index in [9.17, 15) is 14.4 Å². The van der Waals surface area contributed by atoms with Crippen LogP contribution in [0.5, 0.6) is 0 Å². The number of hydrogen-bond acceptors (Lipinski definition) is 3. The van der Waals surface area contributed by atoms with Crippen LogP contribution in [0, 0.1) is 0 Å². The molecular formula is C16H18N2O3. The van der Waals surface area contributed by atoms with Crippen molar-refractivity contribution < 1.29 is 14.4 Å². The number of nitrogens with one attached hydrogen (secondary N) is 1. The van der Waals surface area contributed by atoms with Gasteiger partial charge in [0.25, 0.3) is 5.91 Å². The number of nitrogens with zero attached hydrogens (tertiary/aromatic N) is 1. The number of amides is 3. The molecule has 3 amide bonds. The Bertz CT molecular complexity index is 576. The van der Waals surface area contributed by atoms with Crippen LogP contribution in [0.25, 0.3) is 0 Å². The Balaban J connectivity index is 1.75. The molecule has 0 bridgehead atoms. The van der Waals surface area contributed by atoms with Crippen LogP contribution in [0.1, 0.15) is 42.5 Å². The van der Waals surface area contributed by atoms with E-state index in [1.807, 2.05) is 6.07 Å². The van der Waals surface area contributed by atoms with Crippen LogP contribution in [-0.4, -0.2) is 34.7 Å². The van der Waals surface area contributed by atoms with E-state index in [1.54, 1.807) is 24.3 Å². The molecule has 1 N–H and O–H groups in total. The highest BCUT2D eigenvalue weighted by atomic mass is 16.2. The van der Waals surface area contributed by atoms with E-state index >= 15 is 0 Å². The van der Waals surface area contributed by atoms with Crippen molar-refractivity contribution in [3.63, 3.8) is 0 Å². The van der Waals surface area contributed by atoms with Crippen molar-refractivity contribution in [3.8, 4) is 0 Å². The van der Waals surface area contributed by atoms with Gasteiger partial charge in [-0.25, -0.2) is 4.79 Å². The van der Waals surface area contributed by atoms with Gasteiger partial charge in [-0.3, -0.25) is 14.5 Å². The maximum atomic E-state index is 12.5. The zero-order chi connectivity index (χ0) is 14.9. The fourth-order valence-corrected chi connectivity index (χ4v) is 3.17. The number of Topliss-reactive ketones (excluding diaryl/α,β-unsaturated/α-hetero) is 1. The van der Waals surface area contributed by atoms with Crippen molar-refractivity contribution in [2.24, 2.45) is 0 Å². The van der Waals surface area contributed by atoms with Gasteiger partial charge in [0.05, 0.1) is 6.54 Å². The highest BCUT2D eigenvalue weighted by molar-refractivity contribution is 6.11. The second kappa shape index (κ2) is 5.31. The van der Waals surface area contributed by atoms with Gasteiger partial charge in [-0.15, -0.1) is 0 Å². The van der Waals surface area contributed by atoms with Crippen molar-refractivity contribution in [1.82, 2.24) is 10.2 Å². The molecule has 1 spiro atoms. The highest BCUT2D eigenvalue weighted by Gasteiger charge is 2.51. The molecular weight excluding hydrogens is 268 g/mol. The topological polar surface area (TPSA) is 66.5 Å². The number of imide groups is 1. The van der Waals surface area contributed by atoms with Gasteiger partial charge in [-0.2, -0.15) is 0 Å². The monoisotopic (exact) mass is 286 g/mol. The summed E-state index contributed by atoms with van der Waals surface area (Å²) in [6.07, 6.45) is 4.31. The highest BCUT2D eigenvalue weighted by Crippen LogP contribution is 2.33. The second-order valence-electron chi connectivity index (χ2n) is 5.75. The summed E-state index contributed by atoms with van der Waals surface area (Å²) in [5.74, 6) is -0.455. The molecule has 1 saturated heterocycles. The van der Waals surface area contributed by atoms with Crippen LogP contribution in [0.4, 0.5) is 4.79 Å². The SMILES string of the molecule is O=C(CN1C(=O)NC2(CCCCC2)C1=O)c1ccccc1. The molecule has 0 unspecified atom stereocenters. The summed E-state index contributed by atoms with van der Waals surface area (Å²) in [5, 5.41) is 2.81. The first-order chi connectivity index (χ1) is 10.1. The number of rotatable bonds is 3. The first-order valence-corrected chi connectivity index (χ1v) is 7.35. The predicted molar refractivity (Wildman–Crippen MR) is 76.8 cm³/mol. The zero-order valence-corrected chi connectivity index (χ0v) is 11.8. The summed E-state index contributed by atoms with van der Waals surface area (Å²) in [4.78, 5) is 37.9. The smallest absolute Gasteiger partial charge is 0.323 e. The molecule has 21 heavy (non-hydrogen) atoms. The minimum absolute atomic E-state index is 0.184. The van der Waals surface area contributed by atoms with Gasteiger partial charge in [0.1, 0.15) is 5.54 Å². The number of carbonyl (C=O) groups excluding carboxylic acids is 3. The third-order valence-electron chi connectivity index (χ3n) is 4.35.